The molecule has 12 rings (SSSR count). The van der Waals surface area contributed by atoms with E-state index in [1.54, 1.807) is 0 Å². The molecule has 0 saturated heterocycles. The molecule has 0 atom stereocenters. The van der Waals surface area contributed by atoms with E-state index >= 15 is 0 Å². The molecule has 7 aromatic carbocycles. The molecule has 0 bridgehead atoms. The van der Waals surface area contributed by atoms with Crippen LogP contribution in [0.1, 0.15) is 26.3 Å². The highest BCUT2D eigenvalue weighted by molar-refractivity contribution is 7.03. The van der Waals surface area contributed by atoms with Gasteiger partial charge in [-0.25, -0.2) is 0 Å². The van der Waals surface area contributed by atoms with Crippen molar-refractivity contribution in [2.24, 2.45) is 0 Å². The lowest BCUT2D eigenvalue weighted by atomic mass is 9.30. The highest BCUT2D eigenvalue weighted by Crippen LogP contribution is 2.51. The van der Waals surface area contributed by atoms with Crippen LogP contribution in [0, 0.1) is 0 Å². The SMILES string of the molecule is CC(C)(C)c1cc2c3c(c1)-c1ccccc1B1c4ccccc4-c4ccc5c(c4N13)B2c1ccccc1N5c1ccc2c(c1)oc1ccccc12. The fourth-order valence-corrected chi connectivity index (χ4v) is 9.79. The first-order chi connectivity index (χ1) is 25.0. The summed E-state index contributed by atoms with van der Waals surface area (Å²) < 4.78 is 6.46. The molecule has 0 saturated carbocycles. The van der Waals surface area contributed by atoms with Gasteiger partial charge in [-0.1, -0.05) is 118 Å². The molecule has 51 heavy (non-hydrogen) atoms. The molecule has 4 aliphatic rings. The zero-order valence-corrected chi connectivity index (χ0v) is 28.7. The predicted molar refractivity (Wildman–Crippen MR) is 216 cm³/mol. The zero-order valence-electron chi connectivity index (χ0n) is 28.7. The average Bonchev–Trinajstić information content (AvgIpc) is 3.53. The predicted octanol–water partition coefficient (Wildman–Crippen LogP) is 8.40. The first kappa shape index (κ1) is 27.8. The number of fused-ring (bicyclic) bond motifs is 12. The summed E-state index contributed by atoms with van der Waals surface area (Å²) in [5, 5.41) is 2.30. The van der Waals surface area contributed by atoms with Crippen LogP contribution in [-0.2, 0) is 5.41 Å². The molecular formula is C46H32B2N2O. The fraction of sp³-hybridized carbons (Fsp3) is 0.0870. The molecule has 0 unspecified atom stereocenters. The molecular weight excluding hydrogens is 618 g/mol. The smallest absolute Gasteiger partial charge is 0.329 e. The molecule has 5 heterocycles. The standard InChI is InChI=1S/C46H32B2N2O/c1-46(2,3)27-24-34-30-13-5-8-16-36(30)48-35-15-7-4-12-29(35)33-22-23-40-43-45(33)50(48)44(34)38(25-27)47(43)37-17-9-10-18-39(37)49(40)28-20-21-32-31-14-6-11-19-41(31)51-42(32)26-28/h4-26H,1-3H3. The maximum Gasteiger partial charge on any atom is 0.329 e. The highest BCUT2D eigenvalue weighted by atomic mass is 16.3. The molecule has 0 fully saturated rings. The number of benzene rings is 7. The number of anilines is 5. The van der Waals surface area contributed by atoms with Crippen molar-refractivity contribution in [3.63, 3.8) is 0 Å². The normalized spacial score (nSPS) is 14.4. The minimum Gasteiger partial charge on any atom is -0.456 e. The number of furan rings is 1. The van der Waals surface area contributed by atoms with Gasteiger partial charge in [0.1, 0.15) is 11.2 Å². The van der Waals surface area contributed by atoms with Crippen LogP contribution in [0.5, 0.6) is 0 Å². The van der Waals surface area contributed by atoms with Crippen molar-refractivity contribution in [3.8, 4) is 22.3 Å². The van der Waals surface area contributed by atoms with E-state index in [0.29, 0.717) is 0 Å². The Balaban J connectivity index is 1.22. The van der Waals surface area contributed by atoms with Gasteiger partial charge in [-0.3, -0.25) is 0 Å². The van der Waals surface area contributed by atoms with Crippen LogP contribution in [0.25, 0.3) is 44.2 Å². The average molecular weight is 650 g/mol. The van der Waals surface area contributed by atoms with Crippen molar-refractivity contribution in [1.82, 2.24) is 0 Å². The summed E-state index contributed by atoms with van der Waals surface area (Å²) in [6.07, 6.45) is 0. The summed E-state index contributed by atoms with van der Waals surface area (Å²) in [4.78, 5) is 5.21. The summed E-state index contributed by atoms with van der Waals surface area (Å²) in [6, 6.07) is 52.2. The molecule has 8 aromatic rings. The third kappa shape index (κ3) is 3.46. The third-order valence-corrected chi connectivity index (χ3v) is 12.0. The molecule has 0 spiro atoms. The molecule has 4 aliphatic heterocycles. The Hall–Kier alpha value is -5.93. The summed E-state index contributed by atoms with van der Waals surface area (Å²) in [6.45, 7) is 7.21. The lowest BCUT2D eigenvalue weighted by Gasteiger charge is -2.51. The Morgan fingerprint density at radius 1 is 0.510 bits per heavy atom. The first-order valence-electron chi connectivity index (χ1n) is 18.1. The lowest BCUT2D eigenvalue weighted by molar-refractivity contribution is 0.591. The van der Waals surface area contributed by atoms with Crippen molar-refractivity contribution >= 4 is 91.2 Å². The van der Waals surface area contributed by atoms with Gasteiger partial charge in [0.2, 0.25) is 0 Å². The van der Waals surface area contributed by atoms with Crippen LogP contribution in [-0.4, -0.2) is 13.6 Å². The van der Waals surface area contributed by atoms with E-state index in [4.69, 9.17) is 4.42 Å². The minimum absolute atomic E-state index is 0.0149. The van der Waals surface area contributed by atoms with Crippen LogP contribution in [0.2, 0.25) is 0 Å². The second-order valence-corrected chi connectivity index (χ2v) is 15.7. The van der Waals surface area contributed by atoms with Crippen molar-refractivity contribution in [1.29, 1.82) is 0 Å². The minimum atomic E-state index is -0.0149. The maximum atomic E-state index is 6.46. The van der Waals surface area contributed by atoms with Crippen molar-refractivity contribution in [2.75, 3.05) is 9.71 Å². The van der Waals surface area contributed by atoms with E-state index in [-0.39, 0.29) is 19.0 Å². The van der Waals surface area contributed by atoms with Gasteiger partial charge >= 0.3 is 6.85 Å². The van der Waals surface area contributed by atoms with E-state index in [0.717, 1.165) is 27.6 Å². The van der Waals surface area contributed by atoms with E-state index < -0.39 is 0 Å². The molecule has 5 heteroatoms. The highest BCUT2D eigenvalue weighted by Gasteiger charge is 2.52. The monoisotopic (exact) mass is 650 g/mol. The fourth-order valence-electron chi connectivity index (χ4n) is 9.79. The van der Waals surface area contributed by atoms with Crippen LogP contribution < -0.4 is 37.0 Å². The van der Waals surface area contributed by atoms with E-state index in [1.807, 2.05) is 6.07 Å². The van der Waals surface area contributed by atoms with Gasteiger partial charge < -0.3 is 14.1 Å². The van der Waals surface area contributed by atoms with Gasteiger partial charge in [0, 0.05) is 56.4 Å². The van der Waals surface area contributed by atoms with Crippen molar-refractivity contribution in [3.05, 3.63) is 145 Å². The number of para-hydroxylation sites is 2. The van der Waals surface area contributed by atoms with E-state index in [2.05, 4.69) is 164 Å². The molecule has 1 aromatic heterocycles. The van der Waals surface area contributed by atoms with Crippen LogP contribution in [0.4, 0.5) is 28.4 Å². The summed E-state index contributed by atoms with van der Waals surface area (Å²) in [5.74, 6) is 0. The van der Waals surface area contributed by atoms with Crippen LogP contribution in [0.3, 0.4) is 0 Å². The van der Waals surface area contributed by atoms with Gasteiger partial charge in [-0.15, -0.1) is 0 Å². The lowest BCUT2D eigenvalue weighted by Crippen LogP contribution is -2.69. The Morgan fingerprint density at radius 3 is 2.00 bits per heavy atom. The topological polar surface area (TPSA) is 19.6 Å². The van der Waals surface area contributed by atoms with Crippen LogP contribution >= 0.6 is 0 Å². The second kappa shape index (κ2) is 9.44. The van der Waals surface area contributed by atoms with E-state index in [9.17, 15) is 0 Å². The molecule has 0 amide bonds. The largest absolute Gasteiger partial charge is 0.456 e. The molecule has 0 N–H and O–H groups in total. The number of hydrogen-bond acceptors (Lipinski definition) is 3. The van der Waals surface area contributed by atoms with Gasteiger partial charge in [0.05, 0.1) is 0 Å². The molecule has 0 radical (unpaired) electrons. The number of hydrogen-bond donors (Lipinski definition) is 0. The maximum absolute atomic E-state index is 6.46. The third-order valence-electron chi connectivity index (χ3n) is 12.0. The summed E-state index contributed by atoms with van der Waals surface area (Å²) in [5.41, 5.74) is 21.7. The Labute approximate surface area is 297 Å². The van der Waals surface area contributed by atoms with Crippen molar-refractivity contribution < 1.29 is 4.42 Å². The first-order valence-corrected chi connectivity index (χ1v) is 18.1. The van der Waals surface area contributed by atoms with Crippen molar-refractivity contribution in [2.45, 2.75) is 26.2 Å². The zero-order chi connectivity index (χ0) is 33.7. The Bertz CT molecular complexity index is 2850. The number of nitrogens with zero attached hydrogens (tertiary/aromatic N) is 2. The summed E-state index contributed by atoms with van der Waals surface area (Å²) >= 11 is 0. The number of rotatable bonds is 1. The summed E-state index contributed by atoms with van der Waals surface area (Å²) in [7, 11) is 0. The second-order valence-electron chi connectivity index (χ2n) is 15.7. The van der Waals surface area contributed by atoms with E-state index in [1.165, 1.54) is 77.9 Å². The van der Waals surface area contributed by atoms with Crippen LogP contribution in [0.15, 0.2) is 144 Å². The Kier molecular flexibility index (Phi) is 5.15. The van der Waals surface area contributed by atoms with Gasteiger partial charge in [-0.2, -0.15) is 0 Å². The molecule has 238 valence electrons. The Morgan fingerprint density at radius 2 is 1.20 bits per heavy atom. The van der Waals surface area contributed by atoms with Gasteiger partial charge in [0.15, 0.2) is 0 Å². The molecule has 0 aliphatic carbocycles. The quantitative estimate of drug-likeness (QED) is 0.167. The van der Waals surface area contributed by atoms with Gasteiger partial charge in [0.25, 0.3) is 6.71 Å². The van der Waals surface area contributed by atoms with Gasteiger partial charge in [-0.05, 0) is 85.8 Å². The molecule has 3 nitrogen and oxygen atoms in total.